The molecule has 5 heteroatoms. The van der Waals surface area contributed by atoms with Gasteiger partial charge in [-0.1, -0.05) is 24.3 Å². The second-order valence-electron chi connectivity index (χ2n) is 5.76. The molecule has 0 radical (unpaired) electrons. The van der Waals surface area contributed by atoms with Gasteiger partial charge in [0, 0.05) is 30.7 Å². The number of aliphatic hydroxyl groups excluding tert-OH is 1. The van der Waals surface area contributed by atoms with Crippen LogP contribution in [0.2, 0.25) is 0 Å². The second kappa shape index (κ2) is 7.38. The number of benzene rings is 2. The van der Waals surface area contributed by atoms with E-state index in [1.54, 1.807) is 24.7 Å². The molecule has 3 aromatic rings. The molecule has 0 fully saturated rings. The van der Waals surface area contributed by atoms with Crippen LogP contribution in [0.4, 0.5) is 4.39 Å². The van der Waals surface area contributed by atoms with Crippen LogP contribution in [0.15, 0.2) is 67.3 Å². The highest BCUT2D eigenvalue weighted by atomic mass is 19.1. The molecular formula is C19H20FN3O. The van der Waals surface area contributed by atoms with Crippen molar-refractivity contribution in [1.29, 1.82) is 0 Å². The summed E-state index contributed by atoms with van der Waals surface area (Å²) < 4.78 is 14.9. The number of nitrogens with zero attached hydrogens (tertiary/aromatic N) is 2. The largest absolute Gasteiger partial charge is 0.387 e. The second-order valence-corrected chi connectivity index (χ2v) is 5.76. The summed E-state index contributed by atoms with van der Waals surface area (Å²) in [4.78, 5) is 4.04. The van der Waals surface area contributed by atoms with Gasteiger partial charge in [0.25, 0.3) is 0 Å². The highest BCUT2D eigenvalue weighted by Crippen LogP contribution is 2.18. The first-order chi connectivity index (χ1) is 11.6. The third kappa shape index (κ3) is 3.88. The van der Waals surface area contributed by atoms with Gasteiger partial charge in [-0.3, -0.25) is 0 Å². The molecule has 2 atom stereocenters. The number of aliphatic hydroxyl groups is 1. The van der Waals surface area contributed by atoms with E-state index >= 15 is 0 Å². The number of rotatable bonds is 6. The Labute approximate surface area is 140 Å². The van der Waals surface area contributed by atoms with Crippen LogP contribution in [0.25, 0.3) is 5.69 Å². The van der Waals surface area contributed by atoms with Crippen molar-refractivity contribution < 1.29 is 9.50 Å². The van der Waals surface area contributed by atoms with Crippen molar-refractivity contribution in [1.82, 2.24) is 14.9 Å². The van der Waals surface area contributed by atoms with E-state index in [4.69, 9.17) is 0 Å². The van der Waals surface area contributed by atoms with E-state index < -0.39 is 6.10 Å². The van der Waals surface area contributed by atoms with Gasteiger partial charge in [-0.25, -0.2) is 9.37 Å². The molecule has 0 bridgehead atoms. The van der Waals surface area contributed by atoms with E-state index in [0.717, 1.165) is 11.3 Å². The third-order valence-corrected chi connectivity index (χ3v) is 4.07. The Morgan fingerprint density at radius 2 is 1.75 bits per heavy atom. The third-order valence-electron chi connectivity index (χ3n) is 4.07. The molecule has 0 saturated carbocycles. The van der Waals surface area contributed by atoms with Crippen molar-refractivity contribution in [2.75, 3.05) is 6.54 Å². The molecule has 3 rings (SSSR count). The number of hydrogen-bond acceptors (Lipinski definition) is 3. The maximum absolute atomic E-state index is 12.9. The standard InChI is InChI=1S/C19H20FN3O/c1-14(22-12-19(24)16-2-6-17(20)7-3-16)15-4-8-18(9-5-15)23-11-10-21-13-23/h2-11,13-14,19,22,24H,12H2,1H3. The summed E-state index contributed by atoms with van der Waals surface area (Å²) in [7, 11) is 0. The zero-order valence-electron chi connectivity index (χ0n) is 13.4. The molecule has 0 saturated heterocycles. The van der Waals surface area contributed by atoms with Gasteiger partial charge in [0.15, 0.2) is 0 Å². The summed E-state index contributed by atoms with van der Waals surface area (Å²) in [6.45, 7) is 2.44. The molecule has 1 aromatic heterocycles. The van der Waals surface area contributed by atoms with E-state index in [-0.39, 0.29) is 11.9 Å². The molecule has 2 unspecified atom stereocenters. The Balaban J connectivity index is 1.58. The Kier molecular flexibility index (Phi) is 5.03. The molecule has 24 heavy (non-hydrogen) atoms. The number of aromatic nitrogens is 2. The molecule has 1 heterocycles. The van der Waals surface area contributed by atoms with Gasteiger partial charge in [0.05, 0.1) is 12.4 Å². The molecular weight excluding hydrogens is 305 g/mol. The van der Waals surface area contributed by atoms with Gasteiger partial charge in [0.1, 0.15) is 5.82 Å². The van der Waals surface area contributed by atoms with E-state index in [1.807, 2.05) is 29.8 Å². The van der Waals surface area contributed by atoms with Gasteiger partial charge in [-0.15, -0.1) is 0 Å². The lowest BCUT2D eigenvalue weighted by molar-refractivity contribution is 0.170. The maximum Gasteiger partial charge on any atom is 0.123 e. The van der Waals surface area contributed by atoms with Crippen LogP contribution in [0.3, 0.4) is 0 Å². The van der Waals surface area contributed by atoms with E-state index in [1.165, 1.54) is 12.1 Å². The minimum absolute atomic E-state index is 0.0944. The molecule has 2 aromatic carbocycles. The minimum atomic E-state index is -0.668. The van der Waals surface area contributed by atoms with Gasteiger partial charge in [-0.2, -0.15) is 0 Å². The average Bonchev–Trinajstić information content (AvgIpc) is 3.15. The molecule has 124 valence electrons. The summed E-state index contributed by atoms with van der Waals surface area (Å²) in [5.74, 6) is -0.301. The van der Waals surface area contributed by atoms with Crippen molar-refractivity contribution in [3.63, 3.8) is 0 Å². The highest BCUT2D eigenvalue weighted by Gasteiger charge is 2.11. The molecule has 0 aliphatic rings. The smallest absolute Gasteiger partial charge is 0.123 e. The van der Waals surface area contributed by atoms with Gasteiger partial charge < -0.3 is 15.0 Å². The number of imidazole rings is 1. The highest BCUT2D eigenvalue weighted by molar-refractivity contribution is 5.35. The van der Waals surface area contributed by atoms with Crippen LogP contribution in [0.5, 0.6) is 0 Å². The fraction of sp³-hybridized carbons (Fsp3) is 0.211. The Hall–Kier alpha value is -2.50. The summed E-state index contributed by atoms with van der Waals surface area (Å²) >= 11 is 0. The normalized spacial score (nSPS) is 13.6. The fourth-order valence-electron chi connectivity index (χ4n) is 2.56. The summed E-state index contributed by atoms with van der Waals surface area (Å²) in [6, 6.07) is 14.2. The van der Waals surface area contributed by atoms with Crippen LogP contribution in [-0.2, 0) is 0 Å². The molecule has 0 amide bonds. The predicted octanol–water partition coefficient (Wildman–Crippen LogP) is 3.40. The van der Waals surface area contributed by atoms with Crippen molar-refractivity contribution in [3.05, 3.63) is 84.2 Å². The van der Waals surface area contributed by atoms with Crippen LogP contribution in [0.1, 0.15) is 30.2 Å². The number of halogens is 1. The summed E-state index contributed by atoms with van der Waals surface area (Å²) in [6.07, 6.45) is 4.73. The number of hydrogen-bond donors (Lipinski definition) is 2. The van der Waals surface area contributed by atoms with E-state index in [0.29, 0.717) is 12.1 Å². The lowest BCUT2D eigenvalue weighted by Crippen LogP contribution is -2.24. The summed E-state index contributed by atoms with van der Waals surface area (Å²) in [5.41, 5.74) is 2.88. The zero-order valence-corrected chi connectivity index (χ0v) is 13.4. The quantitative estimate of drug-likeness (QED) is 0.730. The monoisotopic (exact) mass is 325 g/mol. The van der Waals surface area contributed by atoms with Crippen LogP contribution in [-0.4, -0.2) is 21.2 Å². The zero-order chi connectivity index (χ0) is 16.9. The molecule has 0 aliphatic carbocycles. The lowest BCUT2D eigenvalue weighted by Gasteiger charge is -2.18. The molecule has 2 N–H and O–H groups in total. The fourth-order valence-corrected chi connectivity index (χ4v) is 2.56. The van der Waals surface area contributed by atoms with Gasteiger partial charge in [-0.05, 0) is 42.3 Å². The molecule has 0 aliphatic heterocycles. The van der Waals surface area contributed by atoms with Crippen LogP contribution in [0, 0.1) is 5.82 Å². The maximum atomic E-state index is 12.9. The molecule has 0 spiro atoms. The van der Waals surface area contributed by atoms with Crippen molar-refractivity contribution in [2.24, 2.45) is 0 Å². The Bertz CT molecular complexity index is 754. The van der Waals surface area contributed by atoms with Crippen molar-refractivity contribution in [2.45, 2.75) is 19.1 Å². The molecule has 4 nitrogen and oxygen atoms in total. The lowest BCUT2D eigenvalue weighted by atomic mass is 10.1. The van der Waals surface area contributed by atoms with Crippen molar-refractivity contribution in [3.8, 4) is 5.69 Å². The minimum Gasteiger partial charge on any atom is -0.387 e. The first-order valence-corrected chi connectivity index (χ1v) is 7.88. The number of nitrogens with one attached hydrogen (secondary N) is 1. The van der Waals surface area contributed by atoms with E-state index in [9.17, 15) is 9.50 Å². The Morgan fingerprint density at radius 1 is 1.08 bits per heavy atom. The Morgan fingerprint density at radius 3 is 2.38 bits per heavy atom. The SMILES string of the molecule is CC(NCC(O)c1ccc(F)cc1)c1ccc(-n2ccnc2)cc1. The van der Waals surface area contributed by atoms with Gasteiger partial charge >= 0.3 is 0 Å². The van der Waals surface area contributed by atoms with E-state index in [2.05, 4.69) is 22.4 Å². The van der Waals surface area contributed by atoms with Crippen LogP contribution < -0.4 is 5.32 Å². The summed E-state index contributed by atoms with van der Waals surface area (Å²) in [5, 5.41) is 13.5. The average molecular weight is 325 g/mol. The van der Waals surface area contributed by atoms with Crippen molar-refractivity contribution >= 4 is 0 Å². The first-order valence-electron chi connectivity index (χ1n) is 7.88. The van der Waals surface area contributed by atoms with Crippen LogP contribution >= 0.6 is 0 Å². The predicted molar refractivity (Wildman–Crippen MR) is 91.3 cm³/mol. The first kappa shape index (κ1) is 16.4. The van der Waals surface area contributed by atoms with Gasteiger partial charge in [0.2, 0.25) is 0 Å². The topological polar surface area (TPSA) is 50.1 Å².